The van der Waals surface area contributed by atoms with E-state index in [1.165, 1.54) is 9.87 Å². The highest BCUT2D eigenvalue weighted by Gasteiger charge is 2.32. The minimum atomic E-state index is -3.54. The number of piperidine rings is 1. The average Bonchev–Trinajstić information content (AvgIpc) is 2.71. The molecule has 156 valence electrons. The average molecular weight is 479 g/mol. The van der Waals surface area contributed by atoms with Crippen LogP contribution in [0, 0.1) is 12.8 Å². The number of pyridine rings is 1. The van der Waals surface area contributed by atoms with Gasteiger partial charge in [-0.15, -0.1) is 0 Å². The van der Waals surface area contributed by atoms with Gasteiger partial charge in [-0.25, -0.2) is 8.42 Å². The topological polar surface area (TPSA) is 67.3 Å². The molecule has 29 heavy (non-hydrogen) atoms. The Kier molecular flexibility index (Phi) is 7.24. The molecule has 0 amide bonds. The number of nitrogens with zero attached hydrogens (tertiary/aromatic N) is 2. The molecule has 2 heterocycles. The summed E-state index contributed by atoms with van der Waals surface area (Å²) in [5, 5.41) is 0. The van der Waals surface area contributed by atoms with Crippen LogP contribution in [0.2, 0.25) is 0 Å². The maximum atomic E-state index is 12.9. The fourth-order valence-corrected chi connectivity index (χ4v) is 6.05. The third-order valence-corrected chi connectivity index (χ3v) is 7.82. The van der Waals surface area contributed by atoms with E-state index in [2.05, 4.69) is 33.9 Å². The number of sulfonamides is 1. The molecule has 0 N–H and O–H groups in total. The predicted octanol–water partition coefficient (Wildman–Crippen LogP) is 4.32. The van der Waals surface area contributed by atoms with Gasteiger partial charge in [-0.2, -0.15) is 4.31 Å². The van der Waals surface area contributed by atoms with Gasteiger partial charge in [-0.1, -0.05) is 28.9 Å². The Labute approximate surface area is 181 Å². The van der Waals surface area contributed by atoms with Gasteiger partial charge in [-0.05, 0) is 68.0 Å². The highest BCUT2D eigenvalue weighted by molar-refractivity contribution is 9.10. The zero-order chi connectivity index (χ0) is 21.0. The van der Waals surface area contributed by atoms with E-state index in [-0.39, 0.29) is 11.7 Å². The van der Waals surface area contributed by atoms with Crippen molar-refractivity contribution in [2.24, 2.45) is 5.92 Å². The summed E-state index contributed by atoms with van der Waals surface area (Å²) in [5.41, 5.74) is 3.01. The molecule has 0 unspecified atom stereocenters. The molecule has 0 aliphatic carbocycles. The molecule has 2 aromatic rings. The number of carbonyl (C=O) groups is 1. The first-order valence-corrected chi connectivity index (χ1v) is 12.3. The summed E-state index contributed by atoms with van der Waals surface area (Å²) in [6.07, 6.45) is 5.07. The van der Waals surface area contributed by atoms with Gasteiger partial charge in [0.25, 0.3) is 0 Å². The number of benzene rings is 1. The molecule has 0 radical (unpaired) electrons. The number of hydrogen-bond acceptors (Lipinski definition) is 4. The zero-order valence-corrected chi connectivity index (χ0v) is 19.3. The van der Waals surface area contributed by atoms with Crippen LogP contribution in [0.3, 0.4) is 0 Å². The molecule has 5 nitrogen and oxygen atoms in total. The molecule has 1 fully saturated rings. The fraction of sp³-hybridized carbons (Fsp3) is 0.455. The lowest BCUT2D eigenvalue weighted by atomic mass is 9.91. The number of halogens is 1. The first-order valence-electron chi connectivity index (χ1n) is 10.0. The van der Waals surface area contributed by atoms with Crippen molar-refractivity contribution in [1.29, 1.82) is 0 Å². The second-order valence-electron chi connectivity index (χ2n) is 7.62. The van der Waals surface area contributed by atoms with Gasteiger partial charge in [0.15, 0.2) is 0 Å². The van der Waals surface area contributed by atoms with Crippen molar-refractivity contribution in [3.05, 3.63) is 57.8 Å². The maximum absolute atomic E-state index is 12.9. The number of Topliss-reactive ketones (excluding diaryl/α,β-unsaturated/α-hetero) is 1. The SMILES string of the molecule is CCc1ccc(CCC(=O)C2CCN(S(=O)(=O)c3cc(C)cc(Br)c3)CC2)nc1. The van der Waals surface area contributed by atoms with Crippen molar-refractivity contribution < 1.29 is 13.2 Å². The van der Waals surface area contributed by atoms with Crippen LogP contribution in [-0.4, -0.2) is 36.6 Å². The molecular weight excluding hydrogens is 452 g/mol. The van der Waals surface area contributed by atoms with Gasteiger partial charge >= 0.3 is 0 Å². The lowest BCUT2D eigenvalue weighted by molar-refractivity contribution is -0.123. The van der Waals surface area contributed by atoms with Crippen molar-refractivity contribution in [3.8, 4) is 0 Å². The minimum Gasteiger partial charge on any atom is -0.299 e. The van der Waals surface area contributed by atoms with E-state index in [9.17, 15) is 13.2 Å². The molecule has 1 aliphatic rings. The number of rotatable bonds is 7. The van der Waals surface area contributed by atoms with Crippen molar-refractivity contribution in [2.45, 2.75) is 50.8 Å². The van der Waals surface area contributed by atoms with Gasteiger partial charge in [-0.3, -0.25) is 9.78 Å². The second kappa shape index (κ2) is 9.49. The molecule has 1 aromatic carbocycles. The maximum Gasteiger partial charge on any atom is 0.243 e. The van der Waals surface area contributed by atoms with E-state index < -0.39 is 10.0 Å². The van der Waals surface area contributed by atoms with Crippen LogP contribution < -0.4 is 0 Å². The lowest BCUT2D eigenvalue weighted by Gasteiger charge is -2.30. The Morgan fingerprint density at radius 2 is 1.93 bits per heavy atom. The zero-order valence-electron chi connectivity index (χ0n) is 16.9. The van der Waals surface area contributed by atoms with Gasteiger partial charge in [0.2, 0.25) is 10.0 Å². The second-order valence-corrected chi connectivity index (χ2v) is 10.5. The molecule has 1 aromatic heterocycles. The van der Waals surface area contributed by atoms with Crippen LogP contribution in [0.15, 0.2) is 45.9 Å². The summed E-state index contributed by atoms with van der Waals surface area (Å²) in [5.74, 6) is 0.141. The summed E-state index contributed by atoms with van der Waals surface area (Å²) in [6.45, 7) is 4.73. The largest absolute Gasteiger partial charge is 0.299 e. The van der Waals surface area contributed by atoms with Crippen LogP contribution in [0.4, 0.5) is 0 Å². The molecular formula is C22H27BrN2O3S. The Balaban J connectivity index is 1.55. The van der Waals surface area contributed by atoms with E-state index >= 15 is 0 Å². The molecule has 0 spiro atoms. The number of aromatic nitrogens is 1. The van der Waals surface area contributed by atoms with Crippen LogP contribution in [-0.2, 0) is 27.7 Å². The van der Waals surface area contributed by atoms with E-state index in [0.29, 0.717) is 43.7 Å². The summed E-state index contributed by atoms with van der Waals surface area (Å²) in [7, 11) is -3.54. The Morgan fingerprint density at radius 3 is 2.52 bits per heavy atom. The van der Waals surface area contributed by atoms with Crippen molar-refractivity contribution in [3.63, 3.8) is 0 Å². The highest BCUT2D eigenvalue weighted by Crippen LogP contribution is 2.27. The normalized spacial score (nSPS) is 16.1. The van der Waals surface area contributed by atoms with E-state index in [1.54, 1.807) is 12.1 Å². The van der Waals surface area contributed by atoms with E-state index in [4.69, 9.17) is 0 Å². The Morgan fingerprint density at radius 1 is 1.21 bits per heavy atom. The van der Waals surface area contributed by atoms with E-state index in [1.807, 2.05) is 25.3 Å². The first-order chi connectivity index (χ1) is 13.8. The first kappa shape index (κ1) is 22.1. The molecule has 0 bridgehead atoms. The summed E-state index contributed by atoms with van der Waals surface area (Å²) < 4.78 is 28.1. The molecule has 1 saturated heterocycles. The standard InChI is InChI=1S/C22H27BrN2O3S/c1-3-17-4-5-20(24-15-17)6-7-22(26)18-8-10-25(11-9-18)29(27,28)21-13-16(2)12-19(23)14-21/h4-5,12-15,18H,3,6-11H2,1-2H3. The molecule has 0 atom stereocenters. The Bertz CT molecular complexity index is 946. The number of aryl methyl sites for hydroxylation is 3. The monoisotopic (exact) mass is 478 g/mol. The molecule has 7 heteroatoms. The van der Waals surface area contributed by atoms with Gasteiger partial charge in [0, 0.05) is 41.8 Å². The summed E-state index contributed by atoms with van der Waals surface area (Å²) >= 11 is 3.37. The third kappa shape index (κ3) is 5.53. The number of hydrogen-bond donors (Lipinski definition) is 0. The summed E-state index contributed by atoms with van der Waals surface area (Å²) in [4.78, 5) is 17.3. The van der Waals surface area contributed by atoms with Crippen LogP contribution in [0.25, 0.3) is 0 Å². The van der Waals surface area contributed by atoms with Gasteiger partial charge in [0.1, 0.15) is 5.78 Å². The smallest absolute Gasteiger partial charge is 0.243 e. The van der Waals surface area contributed by atoms with Crippen molar-refractivity contribution >= 4 is 31.7 Å². The van der Waals surface area contributed by atoms with Crippen LogP contribution in [0.1, 0.15) is 43.0 Å². The highest BCUT2D eigenvalue weighted by atomic mass is 79.9. The van der Waals surface area contributed by atoms with Crippen molar-refractivity contribution in [1.82, 2.24) is 9.29 Å². The third-order valence-electron chi connectivity index (χ3n) is 5.48. The van der Waals surface area contributed by atoms with Crippen LogP contribution in [0.5, 0.6) is 0 Å². The van der Waals surface area contributed by atoms with Crippen molar-refractivity contribution in [2.75, 3.05) is 13.1 Å². The number of ketones is 1. The minimum absolute atomic E-state index is 0.0689. The van der Waals surface area contributed by atoms with Gasteiger partial charge < -0.3 is 0 Å². The predicted molar refractivity (Wildman–Crippen MR) is 117 cm³/mol. The Hall–Kier alpha value is -1.57. The van der Waals surface area contributed by atoms with Gasteiger partial charge in [0.05, 0.1) is 4.90 Å². The molecule has 1 aliphatic heterocycles. The quantitative estimate of drug-likeness (QED) is 0.594. The van der Waals surface area contributed by atoms with E-state index in [0.717, 1.165) is 22.2 Å². The molecule has 3 rings (SSSR count). The molecule has 0 saturated carbocycles. The summed E-state index contributed by atoms with van der Waals surface area (Å²) in [6, 6.07) is 9.25. The lowest BCUT2D eigenvalue weighted by Crippen LogP contribution is -2.40. The number of carbonyl (C=O) groups excluding carboxylic acids is 1. The van der Waals surface area contributed by atoms with Crippen LogP contribution >= 0.6 is 15.9 Å². The fourth-order valence-electron chi connectivity index (χ4n) is 3.69.